The molecule has 0 aliphatic carbocycles. The Balaban J connectivity index is 2.02. The standard InChI is InChI=1S/C14H18N2/c1-12(2)10-13-4-6-14(7-5-13)11-16-9-3-8-15-16/h3-9,12H,10-11H2,1-2H3. The molecular weight excluding hydrogens is 196 g/mol. The quantitative estimate of drug-likeness (QED) is 0.764. The van der Waals surface area contributed by atoms with Gasteiger partial charge in [-0.05, 0) is 29.5 Å². The minimum Gasteiger partial charge on any atom is -0.268 e. The first-order valence-electron chi connectivity index (χ1n) is 5.79. The highest BCUT2D eigenvalue weighted by Crippen LogP contribution is 2.10. The summed E-state index contributed by atoms with van der Waals surface area (Å²) in [5.74, 6) is 0.719. The first-order valence-corrected chi connectivity index (χ1v) is 5.79. The number of benzene rings is 1. The highest BCUT2D eigenvalue weighted by Gasteiger charge is 1.99. The van der Waals surface area contributed by atoms with Crippen LogP contribution in [0.15, 0.2) is 42.7 Å². The lowest BCUT2D eigenvalue weighted by molar-refractivity contribution is 0.646. The van der Waals surface area contributed by atoms with Crippen molar-refractivity contribution in [1.29, 1.82) is 0 Å². The molecule has 1 aromatic carbocycles. The van der Waals surface area contributed by atoms with E-state index in [4.69, 9.17) is 0 Å². The van der Waals surface area contributed by atoms with E-state index in [-0.39, 0.29) is 0 Å². The van der Waals surface area contributed by atoms with Gasteiger partial charge < -0.3 is 0 Å². The zero-order valence-electron chi connectivity index (χ0n) is 9.93. The van der Waals surface area contributed by atoms with Crippen molar-refractivity contribution in [3.05, 3.63) is 53.9 Å². The van der Waals surface area contributed by atoms with Crippen molar-refractivity contribution in [3.8, 4) is 0 Å². The monoisotopic (exact) mass is 214 g/mol. The highest BCUT2D eigenvalue weighted by atomic mass is 15.3. The Morgan fingerprint density at radius 2 is 1.81 bits per heavy atom. The van der Waals surface area contributed by atoms with Gasteiger partial charge in [0, 0.05) is 12.4 Å². The van der Waals surface area contributed by atoms with E-state index >= 15 is 0 Å². The number of rotatable bonds is 4. The second kappa shape index (κ2) is 4.97. The van der Waals surface area contributed by atoms with Crippen LogP contribution in [-0.2, 0) is 13.0 Å². The van der Waals surface area contributed by atoms with Crippen molar-refractivity contribution in [2.45, 2.75) is 26.8 Å². The Morgan fingerprint density at radius 1 is 1.12 bits per heavy atom. The normalized spacial score (nSPS) is 10.9. The topological polar surface area (TPSA) is 17.8 Å². The molecule has 0 aliphatic heterocycles. The fraction of sp³-hybridized carbons (Fsp3) is 0.357. The molecule has 2 heteroatoms. The third kappa shape index (κ3) is 2.96. The molecule has 2 nitrogen and oxygen atoms in total. The Morgan fingerprint density at radius 3 is 2.38 bits per heavy atom. The van der Waals surface area contributed by atoms with E-state index in [0.717, 1.165) is 18.9 Å². The summed E-state index contributed by atoms with van der Waals surface area (Å²) >= 11 is 0. The maximum absolute atomic E-state index is 4.20. The fourth-order valence-electron chi connectivity index (χ4n) is 1.83. The molecule has 0 bridgehead atoms. The van der Waals surface area contributed by atoms with Crippen LogP contribution in [0.2, 0.25) is 0 Å². The predicted octanol–water partition coefficient (Wildman–Crippen LogP) is 3.13. The van der Waals surface area contributed by atoms with Gasteiger partial charge in [0.15, 0.2) is 0 Å². The first kappa shape index (κ1) is 10.9. The molecule has 2 aromatic rings. The minimum absolute atomic E-state index is 0.719. The van der Waals surface area contributed by atoms with E-state index in [1.165, 1.54) is 11.1 Å². The summed E-state index contributed by atoms with van der Waals surface area (Å²) in [5, 5.41) is 4.20. The number of nitrogens with zero attached hydrogens (tertiary/aromatic N) is 2. The third-order valence-electron chi connectivity index (χ3n) is 2.57. The zero-order chi connectivity index (χ0) is 11.4. The van der Waals surface area contributed by atoms with Crippen LogP contribution in [-0.4, -0.2) is 9.78 Å². The van der Waals surface area contributed by atoms with Gasteiger partial charge in [0.2, 0.25) is 0 Å². The summed E-state index contributed by atoms with van der Waals surface area (Å²) in [6.07, 6.45) is 4.96. The largest absolute Gasteiger partial charge is 0.268 e. The van der Waals surface area contributed by atoms with Crippen molar-refractivity contribution in [2.24, 2.45) is 5.92 Å². The lowest BCUT2D eigenvalue weighted by Crippen LogP contribution is -2.00. The maximum atomic E-state index is 4.20. The van der Waals surface area contributed by atoms with Crippen molar-refractivity contribution < 1.29 is 0 Å². The summed E-state index contributed by atoms with van der Waals surface area (Å²) in [5.41, 5.74) is 2.72. The molecule has 0 radical (unpaired) electrons. The molecule has 0 saturated heterocycles. The fourth-order valence-corrected chi connectivity index (χ4v) is 1.83. The molecule has 0 atom stereocenters. The van der Waals surface area contributed by atoms with Crippen LogP contribution in [0.5, 0.6) is 0 Å². The average Bonchev–Trinajstić information content (AvgIpc) is 2.73. The van der Waals surface area contributed by atoms with Crippen molar-refractivity contribution >= 4 is 0 Å². The van der Waals surface area contributed by atoms with Crippen LogP contribution in [0.1, 0.15) is 25.0 Å². The Kier molecular flexibility index (Phi) is 3.40. The highest BCUT2D eigenvalue weighted by molar-refractivity contribution is 5.23. The van der Waals surface area contributed by atoms with E-state index in [1.54, 1.807) is 0 Å². The average molecular weight is 214 g/mol. The van der Waals surface area contributed by atoms with Crippen LogP contribution >= 0.6 is 0 Å². The van der Waals surface area contributed by atoms with Crippen LogP contribution in [0.4, 0.5) is 0 Å². The van der Waals surface area contributed by atoms with Gasteiger partial charge in [-0.2, -0.15) is 5.10 Å². The Labute approximate surface area is 96.9 Å². The summed E-state index contributed by atoms with van der Waals surface area (Å²) < 4.78 is 1.94. The van der Waals surface area contributed by atoms with Gasteiger partial charge in [-0.25, -0.2) is 0 Å². The lowest BCUT2D eigenvalue weighted by atomic mass is 10.0. The zero-order valence-corrected chi connectivity index (χ0v) is 9.93. The van der Waals surface area contributed by atoms with Crippen molar-refractivity contribution in [1.82, 2.24) is 9.78 Å². The SMILES string of the molecule is CC(C)Cc1ccc(Cn2cccn2)cc1. The predicted molar refractivity (Wildman–Crippen MR) is 66.3 cm³/mol. The van der Waals surface area contributed by atoms with Gasteiger partial charge in [0.25, 0.3) is 0 Å². The smallest absolute Gasteiger partial charge is 0.0659 e. The molecule has 0 N–H and O–H groups in total. The summed E-state index contributed by atoms with van der Waals surface area (Å²) in [6, 6.07) is 10.8. The Bertz CT molecular complexity index is 413. The first-order chi connectivity index (χ1) is 7.74. The second-order valence-electron chi connectivity index (χ2n) is 4.62. The molecule has 2 rings (SSSR count). The van der Waals surface area contributed by atoms with Crippen LogP contribution < -0.4 is 0 Å². The molecule has 0 saturated carbocycles. The van der Waals surface area contributed by atoms with E-state index in [0.29, 0.717) is 0 Å². The molecule has 1 aromatic heterocycles. The van der Waals surface area contributed by atoms with Gasteiger partial charge in [-0.3, -0.25) is 4.68 Å². The number of hydrogen-bond donors (Lipinski definition) is 0. The summed E-state index contributed by atoms with van der Waals surface area (Å²) in [6.45, 7) is 5.35. The van der Waals surface area contributed by atoms with E-state index in [9.17, 15) is 0 Å². The summed E-state index contributed by atoms with van der Waals surface area (Å²) in [4.78, 5) is 0. The molecule has 0 aliphatic rings. The van der Waals surface area contributed by atoms with Crippen molar-refractivity contribution in [3.63, 3.8) is 0 Å². The van der Waals surface area contributed by atoms with Crippen LogP contribution in [0.3, 0.4) is 0 Å². The molecule has 0 fully saturated rings. The van der Waals surface area contributed by atoms with Crippen LogP contribution in [0, 0.1) is 5.92 Å². The van der Waals surface area contributed by atoms with Gasteiger partial charge in [-0.15, -0.1) is 0 Å². The maximum Gasteiger partial charge on any atom is 0.0659 e. The van der Waals surface area contributed by atoms with Crippen molar-refractivity contribution in [2.75, 3.05) is 0 Å². The molecule has 1 heterocycles. The lowest BCUT2D eigenvalue weighted by Gasteiger charge is -2.06. The Hall–Kier alpha value is -1.57. The van der Waals surface area contributed by atoms with Gasteiger partial charge in [0.1, 0.15) is 0 Å². The molecular formula is C14H18N2. The molecule has 16 heavy (non-hydrogen) atoms. The summed E-state index contributed by atoms with van der Waals surface area (Å²) in [7, 11) is 0. The molecule has 84 valence electrons. The van der Waals surface area contributed by atoms with Gasteiger partial charge in [0.05, 0.1) is 6.54 Å². The number of hydrogen-bond acceptors (Lipinski definition) is 1. The van der Waals surface area contributed by atoms with Gasteiger partial charge in [-0.1, -0.05) is 38.1 Å². The van der Waals surface area contributed by atoms with E-state index in [2.05, 4.69) is 43.2 Å². The van der Waals surface area contributed by atoms with E-state index < -0.39 is 0 Å². The number of aromatic nitrogens is 2. The molecule has 0 amide bonds. The third-order valence-corrected chi connectivity index (χ3v) is 2.57. The molecule has 0 unspecified atom stereocenters. The van der Waals surface area contributed by atoms with Crippen LogP contribution in [0.25, 0.3) is 0 Å². The van der Waals surface area contributed by atoms with E-state index in [1.807, 2.05) is 23.1 Å². The van der Waals surface area contributed by atoms with Gasteiger partial charge >= 0.3 is 0 Å². The minimum atomic E-state index is 0.719. The second-order valence-corrected chi connectivity index (χ2v) is 4.62. The molecule has 0 spiro atoms.